The topological polar surface area (TPSA) is 119 Å². The number of ether oxygens (including phenoxy) is 2. The van der Waals surface area contributed by atoms with Crippen LogP contribution in [-0.2, 0) is 14.3 Å². The first-order chi connectivity index (χ1) is 11.0. The number of aliphatic hydroxyl groups is 3. The number of carboxylic acid groups (broad SMARTS) is 1. The van der Waals surface area contributed by atoms with Crippen molar-refractivity contribution in [3.8, 4) is 0 Å². The average Bonchev–Trinajstić information content (AvgIpc) is 2.80. The van der Waals surface area contributed by atoms with Crippen LogP contribution in [0.3, 0.4) is 0 Å². The summed E-state index contributed by atoms with van der Waals surface area (Å²) in [6.45, 7) is 2.53. The minimum Gasteiger partial charge on any atom is -0.547 e. The second kappa shape index (κ2) is 13.5. The van der Waals surface area contributed by atoms with Gasteiger partial charge in [0.15, 0.2) is 6.29 Å². The molecule has 7 nitrogen and oxygen atoms in total. The van der Waals surface area contributed by atoms with E-state index in [2.05, 4.69) is 6.92 Å². The van der Waals surface area contributed by atoms with Gasteiger partial charge < -0.3 is 34.7 Å². The number of carbonyl (C=O) groups excluding carboxylic acids is 1. The summed E-state index contributed by atoms with van der Waals surface area (Å²) < 4.78 is 10.4. The van der Waals surface area contributed by atoms with Crippen LogP contribution in [0, 0.1) is 0 Å². The number of hydrogen-bond acceptors (Lipinski definition) is 7. The van der Waals surface area contributed by atoms with Crippen LogP contribution < -0.4 is 34.7 Å². The molecule has 0 aromatic heterocycles. The van der Waals surface area contributed by atoms with Gasteiger partial charge in [-0.1, -0.05) is 51.9 Å². The number of aliphatic hydroxyl groups excluding tert-OH is 3. The van der Waals surface area contributed by atoms with Gasteiger partial charge in [0.1, 0.15) is 24.4 Å². The molecule has 0 amide bonds. The summed E-state index contributed by atoms with van der Waals surface area (Å²) in [6.07, 6.45) is 1.66. The fourth-order valence-corrected chi connectivity index (χ4v) is 2.64. The van der Waals surface area contributed by atoms with Crippen molar-refractivity contribution in [1.29, 1.82) is 0 Å². The Kier molecular flexibility index (Phi) is 13.6. The quantitative estimate of drug-likeness (QED) is 0.248. The van der Waals surface area contributed by atoms with Gasteiger partial charge in [-0.25, -0.2) is 0 Å². The maximum atomic E-state index is 10.6. The zero-order valence-electron chi connectivity index (χ0n) is 14.7. The molecular formula is C16H29NaO7. The van der Waals surface area contributed by atoms with Crippen molar-refractivity contribution in [3.05, 3.63) is 0 Å². The molecule has 1 fully saturated rings. The Balaban J connectivity index is 0.00000529. The third kappa shape index (κ3) is 8.10. The second-order valence-electron chi connectivity index (χ2n) is 6.06. The second-order valence-corrected chi connectivity index (χ2v) is 6.06. The van der Waals surface area contributed by atoms with Crippen molar-refractivity contribution in [2.24, 2.45) is 0 Å². The van der Waals surface area contributed by atoms with E-state index in [4.69, 9.17) is 9.47 Å². The first kappa shape index (κ1) is 24.3. The molecule has 1 saturated heterocycles. The third-order valence-corrected chi connectivity index (χ3v) is 4.09. The molecule has 0 bridgehead atoms. The van der Waals surface area contributed by atoms with E-state index in [1.165, 1.54) is 32.1 Å². The minimum absolute atomic E-state index is 0. The van der Waals surface area contributed by atoms with Crippen LogP contribution >= 0.6 is 0 Å². The molecule has 0 spiro atoms. The summed E-state index contributed by atoms with van der Waals surface area (Å²) in [5, 5.41) is 39.4. The molecule has 1 aliphatic heterocycles. The van der Waals surface area contributed by atoms with Crippen molar-refractivity contribution in [2.75, 3.05) is 6.61 Å². The number of carbonyl (C=O) groups is 1. The Labute approximate surface area is 165 Å². The van der Waals surface area contributed by atoms with E-state index in [1.54, 1.807) is 0 Å². The van der Waals surface area contributed by atoms with Crippen molar-refractivity contribution >= 4 is 5.97 Å². The summed E-state index contributed by atoms with van der Waals surface area (Å²) >= 11 is 0. The number of aliphatic carboxylic acids is 1. The normalized spacial score (nSPS) is 27.7. The van der Waals surface area contributed by atoms with Crippen molar-refractivity contribution in [1.82, 2.24) is 0 Å². The summed E-state index contributed by atoms with van der Waals surface area (Å²) in [7, 11) is 0. The van der Waals surface area contributed by atoms with Gasteiger partial charge in [0.05, 0.1) is 5.97 Å². The van der Waals surface area contributed by atoms with Crippen LogP contribution in [0.15, 0.2) is 0 Å². The van der Waals surface area contributed by atoms with Crippen molar-refractivity contribution in [3.63, 3.8) is 0 Å². The molecule has 8 heteroatoms. The standard InChI is InChI=1S/C16H30O7.Na/c1-2-3-4-5-6-7-8-9-10-22-16-12(18)11(17)14(23-16)13(19)15(20)21;/h11-14,16-19H,2-10H2,1H3,(H,20,21);/q;+1/p-1/t11-,12-,13+,14-,16+;/m1./s1. The Bertz CT molecular complexity index is 342. The maximum Gasteiger partial charge on any atom is 1.00 e. The van der Waals surface area contributed by atoms with E-state index >= 15 is 0 Å². The number of hydrogen-bond donors (Lipinski definition) is 3. The number of unbranched alkanes of at least 4 members (excludes halogenated alkanes) is 7. The molecule has 0 aromatic carbocycles. The van der Waals surface area contributed by atoms with Gasteiger partial charge >= 0.3 is 29.6 Å². The molecule has 5 atom stereocenters. The molecule has 136 valence electrons. The van der Waals surface area contributed by atoms with E-state index in [9.17, 15) is 25.2 Å². The molecule has 0 aromatic rings. The zero-order chi connectivity index (χ0) is 17.2. The summed E-state index contributed by atoms with van der Waals surface area (Å²) in [4.78, 5) is 10.6. The van der Waals surface area contributed by atoms with Crippen LogP contribution in [0.25, 0.3) is 0 Å². The van der Waals surface area contributed by atoms with Crippen LogP contribution in [-0.4, -0.2) is 58.6 Å². The molecule has 0 saturated carbocycles. The van der Waals surface area contributed by atoms with Crippen LogP contribution in [0.5, 0.6) is 0 Å². The van der Waals surface area contributed by atoms with E-state index in [0.29, 0.717) is 6.61 Å². The predicted octanol–water partition coefficient (Wildman–Crippen LogP) is -3.29. The molecule has 0 unspecified atom stereocenters. The Morgan fingerprint density at radius 1 is 1.08 bits per heavy atom. The van der Waals surface area contributed by atoms with Gasteiger partial charge in [-0.15, -0.1) is 0 Å². The fraction of sp³-hybridized carbons (Fsp3) is 0.938. The van der Waals surface area contributed by atoms with Crippen LogP contribution in [0.2, 0.25) is 0 Å². The Hall–Kier alpha value is 0.270. The largest absolute Gasteiger partial charge is 1.00 e. The predicted molar refractivity (Wildman–Crippen MR) is 80.3 cm³/mol. The maximum absolute atomic E-state index is 10.6. The SMILES string of the molecule is CCCCCCCCCCO[C@H]1O[C@@H]([C@H](O)C(=O)[O-])[C@H](O)[C@H]1O.[Na+]. The zero-order valence-corrected chi connectivity index (χ0v) is 16.7. The van der Waals surface area contributed by atoms with Gasteiger partial charge in [0, 0.05) is 6.61 Å². The van der Waals surface area contributed by atoms with Gasteiger partial charge in [-0.3, -0.25) is 0 Å². The van der Waals surface area contributed by atoms with Crippen LogP contribution in [0.1, 0.15) is 58.3 Å². The average molecular weight is 356 g/mol. The summed E-state index contributed by atoms with van der Waals surface area (Å²) in [5.74, 6) is -1.76. The van der Waals surface area contributed by atoms with Crippen molar-refractivity contribution < 1.29 is 64.3 Å². The number of carboxylic acids is 1. The summed E-state index contributed by atoms with van der Waals surface area (Å²) in [5.41, 5.74) is 0. The molecule has 24 heavy (non-hydrogen) atoms. The first-order valence-electron chi connectivity index (χ1n) is 8.51. The van der Waals surface area contributed by atoms with E-state index in [1.807, 2.05) is 0 Å². The molecular weight excluding hydrogens is 327 g/mol. The molecule has 3 N–H and O–H groups in total. The molecule has 1 heterocycles. The summed E-state index contributed by atoms with van der Waals surface area (Å²) in [6, 6.07) is 0. The van der Waals surface area contributed by atoms with Gasteiger partial charge in [0.25, 0.3) is 0 Å². The van der Waals surface area contributed by atoms with Gasteiger partial charge in [0.2, 0.25) is 0 Å². The van der Waals surface area contributed by atoms with E-state index < -0.39 is 36.7 Å². The molecule has 0 radical (unpaired) electrons. The third-order valence-electron chi connectivity index (χ3n) is 4.09. The monoisotopic (exact) mass is 356 g/mol. The van der Waals surface area contributed by atoms with Crippen molar-refractivity contribution in [2.45, 2.75) is 89.0 Å². The van der Waals surface area contributed by atoms with Gasteiger partial charge in [-0.05, 0) is 6.42 Å². The van der Waals surface area contributed by atoms with Crippen LogP contribution in [0.4, 0.5) is 0 Å². The Morgan fingerprint density at radius 2 is 1.62 bits per heavy atom. The molecule has 1 rings (SSSR count). The molecule has 1 aliphatic rings. The smallest absolute Gasteiger partial charge is 0.547 e. The molecule has 0 aliphatic carbocycles. The Morgan fingerprint density at radius 3 is 2.17 bits per heavy atom. The van der Waals surface area contributed by atoms with Gasteiger partial charge in [-0.2, -0.15) is 0 Å². The minimum atomic E-state index is -2.00. The fourth-order valence-electron chi connectivity index (χ4n) is 2.64. The number of rotatable bonds is 12. The first-order valence-corrected chi connectivity index (χ1v) is 8.51. The van der Waals surface area contributed by atoms with E-state index in [-0.39, 0.29) is 29.6 Å². The van der Waals surface area contributed by atoms with E-state index in [0.717, 1.165) is 19.3 Å².